The molecule has 6 nitrogen and oxygen atoms in total. The Kier molecular flexibility index (Phi) is 4.22. The lowest BCUT2D eigenvalue weighted by Gasteiger charge is -2.10. The minimum atomic E-state index is -3.78. The highest BCUT2D eigenvalue weighted by molar-refractivity contribution is 7.89. The van der Waals surface area contributed by atoms with Crippen molar-refractivity contribution in [2.75, 3.05) is 12.3 Å². The van der Waals surface area contributed by atoms with Crippen molar-refractivity contribution in [2.45, 2.75) is 30.7 Å². The predicted molar refractivity (Wildman–Crippen MR) is 77.0 cm³/mol. The summed E-state index contributed by atoms with van der Waals surface area (Å²) in [6.07, 6.45) is 1.90. The van der Waals surface area contributed by atoms with E-state index in [1.807, 2.05) is 0 Å². The van der Waals surface area contributed by atoms with Crippen LogP contribution < -0.4 is 15.8 Å². The Bertz CT molecular complexity index is 618. The van der Waals surface area contributed by atoms with Gasteiger partial charge in [0.15, 0.2) is 0 Å². The second kappa shape index (κ2) is 5.59. The normalized spacial score (nSPS) is 15.1. The van der Waals surface area contributed by atoms with Crippen LogP contribution in [0.4, 0.5) is 5.69 Å². The van der Waals surface area contributed by atoms with Crippen LogP contribution in [0.2, 0.25) is 5.02 Å². The Morgan fingerprint density at radius 1 is 1.45 bits per heavy atom. The summed E-state index contributed by atoms with van der Waals surface area (Å²) in [6.45, 7) is 1.37. The summed E-state index contributed by atoms with van der Waals surface area (Å²) in [5.41, 5.74) is 6.40. The van der Waals surface area contributed by atoms with Gasteiger partial charge in [0, 0.05) is 6.04 Å². The molecule has 1 aliphatic rings. The maximum Gasteiger partial charge on any atom is 0.241 e. The molecule has 110 valence electrons. The number of carbonyl (C=O) groups is 1. The van der Waals surface area contributed by atoms with Crippen molar-refractivity contribution < 1.29 is 13.2 Å². The number of halogens is 1. The van der Waals surface area contributed by atoms with Crippen molar-refractivity contribution in [3.05, 3.63) is 22.7 Å². The molecule has 0 radical (unpaired) electrons. The number of hydrogen-bond acceptors (Lipinski definition) is 4. The maximum atomic E-state index is 12.1. The smallest absolute Gasteiger partial charge is 0.241 e. The second-order valence-electron chi connectivity index (χ2n) is 4.81. The molecule has 0 spiro atoms. The fourth-order valence-electron chi connectivity index (χ4n) is 1.67. The van der Waals surface area contributed by atoms with E-state index in [0.717, 1.165) is 12.8 Å². The number of amides is 1. The van der Waals surface area contributed by atoms with Crippen molar-refractivity contribution in [3.63, 3.8) is 0 Å². The molecule has 0 aromatic heterocycles. The molecule has 8 heteroatoms. The van der Waals surface area contributed by atoms with Gasteiger partial charge in [0.25, 0.3) is 0 Å². The van der Waals surface area contributed by atoms with Crippen molar-refractivity contribution in [1.29, 1.82) is 0 Å². The molecule has 4 N–H and O–H groups in total. The van der Waals surface area contributed by atoms with Gasteiger partial charge >= 0.3 is 0 Å². The molecule has 1 aliphatic carbocycles. The number of aryl methyl sites for hydroxylation is 1. The molecule has 0 bridgehead atoms. The first kappa shape index (κ1) is 15.1. The van der Waals surface area contributed by atoms with Crippen LogP contribution in [0, 0.1) is 6.92 Å². The van der Waals surface area contributed by atoms with E-state index >= 15 is 0 Å². The summed E-state index contributed by atoms with van der Waals surface area (Å²) in [5.74, 6) is -0.338. The standard InChI is InChI=1S/C12H16ClN3O3S/c1-7-4-9(5-10(14)12(7)13)20(18,19)15-6-11(17)16-8-2-3-8/h4-5,8,15H,2-3,6,14H2,1H3,(H,16,17). The molecule has 0 aliphatic heterocycles. The molecule has 1 fully saturated rings. The van der Waals surface area contributed by atoms with Crippen LogP contribution in [-0.2, 0) is 14.8 Å². The molecule has 0 atom stereocenters. The van der Waals surface area contributed by atoms with Gasteiger partial charge in [-0.1, -0.05) is 11.6 Å². The summed E-state index contributed by atoms with van der Waals surface area (Å²) < 4.78 is 26.4. The van der Waals surface area contributed by atoms with E-state index in [9.17, 15) is 13.2 Å². The summed E-state index contributed by atoms with van der Waals surface area (Å²) in [6, 6.07) is 2.89. The molecule has 0 saturated heterocycles. The van der Waals surface area contributed by atoms with Crippen LogP contribution in [-0.4, -0.2) is 26.9 Å². The van der Waals surface area contributed by atoms with Gasteiger partial charge in [0.2, 0.25) is 15.9 Å². The number of hydrogen-bond donors (Lipinski definition) is 3. The minimum Gasteiger partial charge on any atom is -0.397 e. The maximum absolute atomic E-state index is 12.1. The third-order valence-corrected chi connectivity index (χ3v) is 4.83. The Morgan fingerprint density at radius 2 is 2.10 bits per heavy atom. The number of nitrogens with two attached hydrogens (primary N) is 1. The van der Waals surface area contributed by atoms with Gasteiger partial charge < -0.3 is 11.1 Å². The van der Waals surface area contributed by atoms with Crippen molar-refractivity contribution in [2.24, 2.45) is 0 Å². The predicted octanol–water partition coefficient (Wildman–Crippen LogP) is 0.788. The van der Waals surface area contributed by atoms with E-state index < -0.39 is 10.0 Å². The SMILES string of the molecule is Cc1cc(S(=O)(=O)NCC(=O)NC2CC2)cc(N)c1Cl. The van der Waals surface area contributed by atoms with Crippen LogP contribution in [0.15, 0.2) is 17.0 Å². The Labute approximate surface area is 122 Å². The Morgan fingerprint density at radius 3 is 2.65 bits per heavy atom. The van der Waals surface area contributed by atoms with Gasteiger partial charge in [-0.25, -0.2) is 13.1 Å². The number of benzene rings is 1. The first-order valence-corrected chi connectivity index (χ1v) is 8.00. The molecular weight excluding hydrogens is 302 g/mol. The molecule has 2 rings (SSSR count). The lowest BCUT2D eigenvalue weighted by atomic mass is 10.2. The Balaban J connectivity index is 2.07. The van der Waals surface area contributed by atoms with Gasteiger partial charge in [0.1, 0.15) is 0 Å². The van der Waals surface area contributed by atoms with Gasteiger partial charge in [-0.15, -0.1) is 0 Å². The van der Waals surface area contributed by atoms with Crippen LogP contribution in [0.1, 0.15) is 18.4 Å². The molecule has 0 heterocycles. The quantitative estimate of drug-likeness (QED) is 0.699. The third-order valence-electron chi connectivity index (χ3n) is 2.93. The highest BCUT2D eigenvalue weighted by atomic mass is 35.5. The fourth-order valence-corrected chi connectivity index (χ4v) is 2.88. The minimum absolute atomic E-state index is 0.00359. The zero-order valence-corrected chi connectivity index (χ0v) is 12.5. The monoisotopic (exact) mass is 317 g/mol. The van der Waals surface area contributed by atoms with Crippen LogP contribution in [0.3, 0.4) is 0 Å². The van der Waals surface area contributed by atoms with E-state index in [4.69, 9.17) is 17.3 Å². The van der Waals surface area contributed by atoms with E-state index in [1.54, 1.807) is 6.92 Å². The average Bonchev–Trinajstić information content (AvgIpc) is 3.17. The van der Waals surface area contributed by atoms with E-state index in [1.165, 1.54) is 12.1 Å². The average molecular weight is 318 g/mol. The largest absolute Gasteiger partial charge is 0.397 e. The number of anilines is 1. The lowest BCUT2D eigenvalue weighted by Crippen LogP contribution is -2.37. The van der Waals surface area contributed by atoms with Crippen molar-refractivity contribution in [3.8, 4) is 0 Å². The molecule has 1 saturated carbocycles. The topological polar surface area (TPSA) is 101 Å². The summed E-state index contributed by atoms with van der Waals surface area (Å²) >= 11 is 5.89. The number of carbonyl (C=O) groups excluding carboxylic acids is 1. The van der Waals surface area contributed by atoms with E-state index in [0.29, 0.717) is 10.6 Å². The molecule has 1 aromatic rings. The fraction of sp³-hybridized carbons (Fsp3) is 0.417. The number of nitrogen functional groups attached to an aromatic ring is 1. The van der Waals surface area contributed by atoms with Gasteiger partial charge in [-0.2, -0.15) is 0 Å². The molecule has 1 aromatic carbocycles. The summed E-state index contributed by atoms with van der Waals surface area (Å²) in [4.78, 5) is 11.5. The van der Waals surface area contributed by atoms with E-state index in [2.05, 4.69) is 10.0 Å². The second-order valence-corrected chi connectivity index (χ2v) is 6.95. The van der Waals surface area contributed by atoms with Gasteiger partial charge in [-0.3, -0.25) is 4.79 Å². The zero-order chi connectivity index (χ0) is 14.9. The molecular formula is C12H16ClN3O3S. The molecule has 0 unspecified atom stereocenters. The van der Waals surface area contributed by atoms with Crippen molar-refractivity contribution >= 4 is 33.2 Å². The first-order chi connectivity index (χ1) is 9.29. The Hall–Kier alpha value is -1.31. The van der Waals surface area contributed by atoms with Gasteiger partial charge in [0.05, 0.1) is 22.2 Å². The summed E-state index contributed by atoms with van der Waals surface area (Å²) in [5, 5.41) is 3.03. The lowest BCUT2D eigenvalue weighted by molar-refractivity contribution is -0.120. The highest BCUT2D eigenvalue weighted by Crippen LogP contribution is 2.26. The van der Waals surface area contributed by atoms with Crippen LogP contribution in [0.25, 0.3) is 0 Å². The number of sulfonamides is 1. The summed E-state index contributed by atoms with van der Waals surface area (Å²) in [7, 11) is -3.78. The highest BCUT2D eigenvalue weighted by Gasteiger charge is 2.24. The van der Waals surface area contributed by atoms with Crippen molar-refractivity contribution in [1.82, 2.24) is 10.0 Å². The van der Waals surface area contributed by atoms with Crippen LogP contribution >= 0.6 is 11.6 Å². The third kappa shape index (κ3) is 3.62. The van der Waals surface area contributed by atoms with Gasteiger partial charge in [-0.05, 0) is 37.5 Å². The first-order valence-electron chi connectivity index (χ1n) is 6.14. The zero-order valence-electron chi connectivity index (χ0n) is 10.9. The molecule has 1 amide bonds. The molecule has 20 heavy (non-hydrogen) atoms. The van der Waals surface area contributed by atoms with Crippen LogP contribution in [0.5, 0.6) is 0 Å². The van der Waals surface area contributed by atoms with E-state index in [-0.39, 0.29) is 29.1 Å². The number of nitrogens with one attached hydrogen (secondary N) is 2. The number of rotatable bonds is 5.